The van der Waals surface area contributed by atoms with Crippen molar-refractivity contribution in [3.8, 4) is 0 Å². The molecule has 0 aromatic rings. The highest BCUT2D eigenvalue weighted by molar-refractivity contribution is 5.90. The lowest BCUT2D eigenvalue weighted by Crippen LogP contribution is -2.40. The second-order valence-corrected chi connectivity index (χ2v) is 5.16. The number of fused-ring (bicyclic) bond motifs is 2. The van der Waals surface area contributed by atoms with Crippen LogP contribution >= 0.6 is 0 Å². The Balaban J connectivity index is 2.36. The molecule has 0 heterocycles. The number of Topliss-reactive ketones (excluding diaryl/α,β-unsaturated/α-hetero) is 1. The summed E-state index contributed by atoms with van der Waals surface area (Å²) in [5, 5.41) is 10.7. The van der Waals surface area contributed by atoms with Crippen molar-refractivity contribution in [2.45, 2.75) is 39.5 Å². The Kier molecular flexibility index (Phi) is 1.79. The smallest absolute Gasteiger partial charge is 0.139 e. The lowest BCUT2D eigenvalue weighted by Gasteiger charge is -2.37. The van der Waals surface area contributed by atoms with E-state index in [2.05, 4.69) is 0 Å². The van der Waals surface area contributed by atoms with Crippen molar-refractivity contribution in [2.24, 2.45) is 16.7 Å². The lowest BCUT2D eigenvalue weighted by atomic mass is 9.67. The Bertz CT molecular complexity index is 310. The standard InChI is InChI=1S/C11H16O3/c1-10-4-3-7(5-8(10)12)11(10,2)6-9(13)14/h7H,3-6H2,1-2H3,(H,13,14)/p-1/t7-,10+,11+/m0/s1. The summed E-state index contributed by atoms with van der Waals surface area (Å²) in [6, 6.07) is 0. The zero-order valence-electron chi connectivity index (χ0n) is 8.63. The van der Waals surface area contributed by atoms with Gasteiger partial charge in [0.05, 0.1) is 0 Å². The van der Waals surface area contributed by atoms with Crippen LogP contribution in [0.1, 0.15) is 39.5 Å². The highest BCUT2D eigenvalue weighted by Gasteiger charge is 2.63. The van der Waals surface area contributed by atoms with Crippen LogP contribution in [0.2, 0.25) is 0 Å². The van der Waals surface area contributed by atoms with Gasteiger partial charge in [0, 0.05) is 17.8 Å². The van der Waals surface area contributed by atoms with Crippen molar-refractivity contribution < 1.29 is 14.7 Å². The average molecular weight is 195 g/mol. The van der Waals surface area contributed by atoms with Crippen LogP contribution in [0.25, 0.3) is 0 Å². The molecule has 0 radical (unpaired) electrons. The van der Waals surface area contributed by atoms with Crippen molar-refractivity contribution in [3.63, 3.8) is 0 Å². The van der Waals surface area contributed by atoms with Crippen molar-refractivity contribution in [3.05, 3.63) is 0 Å². The van der Waals surface area contributed by atoms with E-state index in [1.54, 1.807) is 0 Å². The molecule has 3 heteroatoms. The second kappa shape index (κ2) is 2.59. The lowest BCUT2D eigenvalue weighted by molar-refractivity contribution is -0.309. The molecule has 2 fully saturated rings. The fraction of sp³-hybridized carbons (Fsp3) is 0.818. The second-order valence-electron chi connectivity index (χ2n) is 5.16. The van der Waals surface area contributed by atoms with Gasteiger partial charge in [0.15, 0.2) is 0 Å². The maximum Gasteiger partial charge on any atom is 0.139 e. The van der Waals surface area contributed by atoms with Gasteiger partial charge in [-0.25, -0.2) is 0 Å². The number of hydrogen-bond acceptors (Lipinski definition) is 3. The molecule has 0 N–H and O–H groups in total. The molecule has 3 atom stereocenters. The molecule has 0 spiro atoms. The molecule has 2 saturated carbocycles. The summed E-state index contributed by atoms with van der Waals surface area (Å²) < 4.78 is 0. The fourth-order valence-electron chi connectivity index (χ4n) is 3.39. The predicted octanol–water partition coefficient (Wildman–Crippen LogP) is 0.522. The molecule has 2 aliphatic carbocycles. The van der Waals surface area contributed by atoms with Crippen molar-refractivity contribution in [1.29, 1.82) is 0 Å². The molecular weight excluding hydrogens is 180 g/mol. The molecule has 14 heavy (non-hydrogen) atoms. The first-order chi connectivity index (χ1) is 6.40. The van der Waals surface area contributed by atoms with Gasteiger partial charge in [0.25, 0.3) is 0 Å². The zero-order chi connectivity index (χ0) is 10.6. The summed E-state index contributed by atoms with van der Waals surface area (Å²) in [4.78, 5) is 22.4. The summed E-state index contributed by atoms with van der Waals surface area (Å²) in [5.74, 6) is -0.518. The van der Waals surface area contributed by atoms with E-state index in [1.165, 1.54) is 0 Å². The van der Waals surface area contributed by atoms with E-state index in [1.807, 2.05) is 13.8 Å². The third kappa shape index (κ3) is 0.928. The normalized spacial score (nSPS) is 45.9. The van der Waals surface area contributed by atoms with Crippen molar-refractivity contribution in [2.75, 3.05) is 0 Å². The zero-order valence-corrected chi connectivity index (χ0v) is 8.63. The number of ketones is 1. The Morgan fingerprint density at radius 1 is 1.57 bits per heavy atom. The van der Waals surface area contributed by atoms with E-state index in [0.717, 1.165) is 12.8 Å². The molecule has 0 aromatic heterocycles. The minimum absolute atomic E-state index is 0.0277. The molecule has 2 bridgehead atoms. The quantitative estimate of drug-likeness (QED) is 0.645. The first kappa shape index (κ1) is 9.69. The third-order valence-corrected chi connectivity index (χ3v) is 4.71. The molecule has 78 valence electrons. The van der Waals surface area contributed by atoms with Gasteiger partial charge < -0.3 is 9.90 Å². The molecule has 3 nitrogen and oxygen atoms in total. The average Bonchev–Trinajstić information content (AvgIpc) is 2.37. The maximum atomic E-state index is 11.7. The van der Waals surface area contributed by atoms with Crippen LogP contribution < -0.4 is 5.11 Å². The number of rotatable bonds is 2. The minimum atomic E-state index is -1.03. The van der Waals surface area contributed by atoms with Crippen LogP contribution in [0, 0.1) is 16.7 Å². The van der Waals surface area contributed by atoms with Gasteiger partial charge in [0.2, 0.25) is 0 Å². The number of aliphatic carboxylic acids is 1. The van der Waals surface area contributed by atoms with E-state index < -0.39 is 11.4 Å². The monoisotopic (exact) mass is 195 g/mol. The van der Waals surface area contributed by atoms with E-state index >= 15 is 0 Å². The Morgan fingerprint density at radius 3 is 2.57 bits per heavy atom. The van der Waals surface area contributed by atoms with Gasteiger partial charge in [-0.3, -0.25) is 4.79 Å². The number of carbonyl (C=O) groups is 2. The van der Waals surface area contributed by atoms with Gasteiger partial charge in [0.1, 0.15) is 5.78 Å². The number of hydrogen-bond donors (Lipinski definition) is 0. The maximum absolute atomic E-state index is 11.7. The molecular formula is C11H15O3-. The van der Waals surface area contributed by atoms with Crippen LogP contribution in [-0.4, -0.2) is 11.8 Å². The molecule has 0 aromatic carbocycles. The van der Waals surface area contributed by atoms with Crippen LogP contribution in [-0.2, 0) is 9.59 Å². The Hall–Kier alpha value is -0.860. The van der Waals surface area contributed by atoms with E-state index in [4.69, 9.17) is 0 Å². The first-order valence-corrected chi connectivity index (χ1v) is 5.13. The summed E-state index contributed by atoms with van der Waals surface area (Å²) >= 11 is 0. The summed E-state index contributed by atoms with van der Waals surface area (Å²) in [6.45, 7) is 3.86. The Morgan fingerprint density at radius 2 is 2.21 bits per heavy atom. The molecule has 2 aliphatic rings. The largest absolute Gasteiger partial charge is 0.550 e. The van der Waals surface area contributed by atoms with E-state index in [0.29, 0.717) is 6.42 Å². The molecule has 0 unspecified atom stereocenters. The van der Waals surface area contributed by atoms with E-state index in [-0.39, 0.29) is 23.5 Å². The van der Waals surface area contributed by atoms with Crippen LogP contribution in [0.4, 0.5) is 0 Å². The van der Waals surface area contributed by atoms with Crippen LogP contribution in [0.15, 0.2) is 0 Å². The molecule has 0 amide bonds. The van der Waals surface area contributed by atoms with Gasteiger partial charge in [-0.2, -0.15) is 0 Å². The highest BCUT2D eigenvalue weighted by Crippen LogP contribution is 2.65. The fourth-order valence-corrected chi connectivity index (χ4v) is 3.39. The van der Waals surface area contributed by atoms with Gasteiger partial charge >= 0.3 is 0 Å². The SMILES string of the molecule is C[C@@]12CC[C@@H](CC1=O)[C@@]2(C)CC(=O)[O-]. The number of carbonyl (C=O) groups excluding carboxylic acids is 2. The first-order valence-electron chi connectivity index (χ1n) is 5.13. The summed E-state index contributed by atoms with van der Waals surface area (Å²) in [6.07, 6.45) is 2.44. The van der Waals surface area contributed by atoms with Gasteiger partial charge in [-0.1, -0.05) is 13.8 Å². The molecule has 2 rings (SSSR count). The highest BCUT2D eigenvalue weighted by atomic mass is 16.4. The predicted molar refractivity (Wildman–Crippen MR) is 48.2 cm³/mol. The van der Waals surface area contributed by atoms with Crippen LogP contribution in [0.3, 0.4) is 0 Å². The minimum Gasteiger partial charge on any atom is -0.550 e. The van der Waals surface area contributed by atoms with Gasteiger partial charge in [-0.15, -0.1) is 0 Å². The van der Waals surface area contributed by atoms with E-state index in [9.17, 15) is 14.7 Å². The van der Waals surface area contributed by atoms with Gasteiger partial charge in [-0.05, 0) is 30.6 Å². The van der Waals surface area contributed by atoms with Crippen molar-refractivity contribution in [1.82, 2.24) is 0 Å². The number of carboxylic acids is 1. The topological polar surface area (TPSA) is 57.2 Å². The third-order valence-electron chi connectivity index (χ3n) is 4.71. The summed E-state index contributed by atoms with van der Waals surface area (Å²) in [5.41, 5.74) is -0.763. The summed E-state index contributed by atoms with van der Waals surface area (Å²) in [7, 11) is 0. The molecule has 0 saturated heterocycles. The van der Waals surface area contributed by atoms with Crippen LogP contribution in [0.5, 0.6) is 0 Å². The van der Waals surface area contributed by atoms with Crippen molar-refractivity contribution >= 4 is 11.8 Å². The number of carboxylic acid groups (broad SMARTS) is 1. The molecule has 0 aliphatic heterocycles. The Labute approximate surface area is 83.5 Å².